The first-order chi connectivity index (χ1) is 8.68. The molecule has 1 heterocycles. The molecule has 0 bridgehead atoms. The fourth-order valence-electron chi connectivity index (χ4n) is 1.47. The van der Waals surface area contributed by atoms with Crippen molar-refractivity contribution in [3.05, 3.63) is 58.3 Å². The maximum Gasteiger partial charge on any atom is 0.272 e. The molecule has 0 atom stereocenters. The monoisotopic (exact) mass is 305 g/mol. The molecule has 0 spiro atoms. The average Bonchev–Trinajstić information content (AvgIpc) is 2.75. The Morgan fingerprint density at radius 3 is 2.78 bits per heavy atom. The van der Waals surface area contributed by atoms with Gasteiger partial charge in [0.15, 0.2) is 0 Å². The number of aromatic nitrogens is 1. The molecular formula is C13H12BrN3O. The van der Waals surface area contributed by atoms with Gasteiger partial charge in [0, 0.05) is 17.7 Å². The summed E-state index contributed by atoms with van der Waals surface area (Å²) in [7, 11) is 1.91. The van der Waals surface area contributed by atoms with E-state index in [4.69, 9.17) is 0 Å². The molecule has 1 amide bonds. The van der Waals surface area contributed by atoms with Gasteiger partial charge in [0.05, 0.1) is 17.5 Å². The highest BCUT2D eigenvalue weighted by molar-refractivity contribution is 9.10. The number of hydrogen-bond acceptors (Lipinski definition) is 2. The molecule has 18 heavy (non-hydrogen) atoms. The maximum atomic E-state index is 11.8. The van der Waals surface area contributed by atoms with Crippen LogP contribution in [0.5, 0.6) is 0 Å². The maximum absolute atomic E-state index is 11.8. The first-order valence-electron chi connectivity index (χ1n) is 5.38. The molecule has 0 radical (unpaired) electrons. The molecule has 5 heteroatoms. The SMILES string of the molecule is Cn1cccc1C=NNC(=O)c1ccccc1Br. The van der Waals surface area contributed by atoms with Gasteiger partial charge in [-0.3, -0.25) is 4.79 Å². The summed E-state index contributed by atoms with van der Waals surface area (Å²) in [5, 5.41) is 3.93. The van der Waals surface area contributed by atoms with Gasteiger partial charge in [-0.1, -0.05) is 12.1 Å². The summed E-state index contributed by atoms with van der Waals surface area (Å²) in [5.41, 5.74) is 3.97. The van der Waals surface area contributed by atoms with Gasteiger partial charge in [-0.15, -0.1) is 0 Å². The fraction of sp³-hybridized carbons (Fsp3) is 0.0769. The number of carbonyl (C=O) groups is 1. The lowest BCUT2D eigenvalue weighted by Crippen LogP contribution is -2.18. The zero-order valence-electron chi connectivity index (χ0n) is 9.80. The topological polar surface area (TPSA) is 46.4 Å². The van der Waals surface area contributed by atoms with Crippen molar-refractivity contribution in [1.82, 2.24) is 9.99 Å². The number of amides is 1. The van der Waals surface area contributed by atoms with Gasteiger partial charge in [-0.2, -0.15) is 5.10 Å². The Labute approximate surface area is 113 Å². The van der Waals surface area contributed by atoms with E-state index in [1.165, 1.54) is 0 Å². The highest BCUT2D eigenvalue weighted by Crippen LogP contribution is 2.15. The third-order valence-electron chi connectivity index (χ3n) is 2.47. The minimum Gasteiger partial charge on any atom is -0.350 e. The standard InChI is InChI=1S/C13H12BrN3O/c1-17-8-4-5-10(17)9-15-16-13(18)11-6-2-3-7-12(11)14/h2-9H,1H3,(H,16,18). The number of nitrogens with zero attached hydrogens (tertiary/aromatic N) is 2. The van der Waals surface area contributed by atoms with Crippen LogP contribution in [0.1, 0.15) is 16.1 Å². The van der Waals surface area contributed by atoms with Crippen molar-refractivity contribution >= 4 is 28.1 Å². The molecule has 0 unspecified atom stereocenters. The van der Waals surface area contributed by atoms with E-state index in [-0.39, 0.29) is 5.91 Å². The number of nitrogens with one attached hydrogen (secondary N) is 1. The Morgan fingerprint density at radius 2 is 2.11 bits per heavy atom. The third kappa shape index (κ3) is 2.87. The van der Waals surface area contributed by atoms with E-state index in [1.807, 2.05) is 42.1 Å². The first kappa shape index (κ1) is 12.6. The van der Waals surface area contributed by atoms with Crippen molar-refractivity contribution in [3.8, 4) is 0 Å². The average molecular weight is 306 g/mol. The smallest absolute Gasteiger partial charge is 0.272 e. The van der Waals surface area contributed by atoms with Crippen molar-refractivity contribution in [3.63, 3.8) is 0 Å². The molecule has 1 N–H and O–H groups in total. The van der Waals surface area contributed by atoms with E-state index >= 15 is 0 Å². The van der Waals surface area contributed by atoms with Crippen molar-refractivity contribution in [1.29, 1.82) is 0 Å². The minimum atomic E-state index is -0.243. The lowest BCUT2D eigenvalue weighted by Gasteiger charge is -2.02. The van der Waals surface area contributed by atoms with E-state index in [0.717, 1.165) is 10.2 Å². The zero-order chi connectivity index (χ0) is 13.0. The van der Waals surface area contributed by atoms with E-state index in [0.29, 0.717) is 5.56 Å². The molecular weight excluding hydrogens is 294 g/mol. The number of hydrazone groups is 1. The van der Waals surface area contributed by atoms with Crippen LogP contribution in [0.15, 0.2) is 52.2 Å². The summed E-state index contributed by atoms with van der Waals surface area (Å²) in [4.78, 5) is 11.8. The molecule has 0 aliphatic rings. The Morgan fingerprint density at radius 1 is 1.33 bits per heavy atom. The van der Waals surface area contributed by atoms with E-state index < -0.39 is 0 Å². The molecule has 2 aromatic rings. The highest BCUT2D eigenvalue weighted by atomic mass is 79.9. The number of carbonyl (C=O) groups excluding carboxylic acids is 1. The molecule has 0 saturated heterocycles. The fourth-order valence-corrected chi connectivity index (χ4v) is 1.94. The quantitative estimate of drug-likeness (QED) is 0.687. The van der Waals surface area contributed by atoms with Crippen LogP contribution in [0.25, 0.3) is 0 Å². The predicted octanol–water partition coefficient (Wildman–Crippen LogP) is 2.55. The molecule has 0 aliphatic carbocycles. The van der Waals surface area contributed by atoms with Gasteiger partial charge in [-0.05, 0) is 40.2 Å². The Kier molecular flexibility index (Phi) is 3.94. The van der Waals surface area contributed by atoms with E-state index in [2.05, 4.69) is 26.5 Å². The summed E-state index contributed by atoms with van der Waals surface area (Å²) in [6.07, 6.45) is 3.52. The number of hydrogen-bond donors (Lipinski definition) is 1. The summed E-state index contributed by atoms with van der Waals surface area (Å²) in [5.74, 6) is -0.243. The van der Waals surface area contributed by atoms with E-state index in [1.54, 1.807) is 18.3 Å². The summed E-state index contributed by atoms with van der Waals surface area (Å²) < 4.78 is 2.66. The molecule has 0 fully saturated rings. The molecule has 0 saturated carbocycles. The molecule has 2 rings (SSSR count). The van der Waals surface area contributed by atoms with Crippen molar-refractivity contribution in [2.75, 3.05) is 0 Å². The molecule has 92 valence electrons. The predicted molar refractivity (Wildman–Crippen MR) is 74.6 cm³/mol. The third-order valence-corrected chi connectivity index (χ3v) is 3.16. The number of aryl methyl sites for hydroxylation is 1. The van der Waals surface area contributed by atoms with Gasteiger partial charge < -0.3 is 4.57 Å². The summed E-state index contributed by atoms with van der Waals surface area (Å²) >= 11 is 3.32. The normalized spacial score (nSPS) is 10.8. The van der Waals surface area contributed by atoms with Crippen LogP contribution in [0.3, 0.4) is 0 Å². The van der Waals surface area contributed by atoms with Crippen LogP contribution in [0, 0.1) is 0 Å². The number of rotatable bonds is 3. The Bertz CT molecular complexity index is 589. The van der Waals surface area contributed by atoms with Crippen molar-refractivity contribution in [2.24, 2.45) is 12.1 Å². The van der Waals surface area contributed by atoms with Crippen molar-refractivity contribution in [2.45, 2.75) is 0 Å². The largest absolute Gasteiger partial charge is 0.350 e. The zero-order valence-corrected chi connectivity index (χ0v) is 11.4. The minimum absolute atomic E-state index is 0.243. The highest BCUT2D eigenvalue weighted by Gasteiger charge is 2.07. The van der Waals surface area contributed by atoms with Gasteiger partial charge in [0.2, 0.25) is 0 Å². The van der Waals surface area contributed by atoms with Gasteiger partial charge in [0.25, 0.3) is 5.91 Å². The summed E-state index contributed by atoms with van der Waals surface area (Å²) in [6.45, 7) is 0. The summed E-state index contributed by atoms with van der Waals surface area (Å²) in [6, 6.07) is 11.0. The molecule has 1 aromatic heterocycles. The molecule has 1 aromatic carbocycles. The molecule has 0 aliphatic heterocycles. The number of halogens is 1. The van der Waals surface area contributed by atoms with Crippen LogP contribution in [0.2, 0.25) is 0 Å². The second kappa shape index (κ2) is 5.64. The van der Waals surface area contributed by atoms with Crippen LogP contribution >= 0.6 is 15.9 Å². The Hall–Kier alpha value is -1.88. The van der Waals surface area contributed by atoms with E-state index in [9.17, 15) is 4.79 Å². The van der Waals surface area contributed by atoms with Crippen LogP contribution < -0.4 is 5.43 Å². The van der Waals surface area contributed by atoms with Crippen LogP contribution in [-0.4, -0.2) is 16.7 Å². The second-order valence-corrected chi connectivity index (χ2v) is 4.58. The second-order valence-electron chi connectivity index (χ2n) is 3.72. The van der Waals surface area contributed by atoms with Gasteiger partial charge in [-0.25, -0.2) is 5.43 Å². The van der Waals surface area contributed by atoms with Crippen LogP contribution in [-0.2, 0) is 7.05 Å². The van der Waals surface area contributed by atoms with Crippen LogP contribution in [0.4, 0.5) is 0 Å². The van der Waals surface area contributed by atoms with Gasteiger partial charge >= 0.3 is 0 Å². The Balaban J connectivity index is 2.03. The first-order valence-corrected chi connectivity index (χ1v) is 6.17. The molecule has 4 nitrogen and oxygen atoms in total. The number of benzene rings is 1. The van der Waals surface area contributed by atoms with Gasteiger partial charge in [0.1, 0.15) is 0 Å². The van der Waals surface area contributed by atoms with Crippen molar-refractivity contribution < 1.29 is 4.79 Å². The lowest BCUT2D eigenvalue weighted by molar-refractivity contribution is 0.0954. The lowest BCUT2D eigenvalue weighted by atomic mass is 10.2.